The standard InChI is InChI=1S/C13H21N3O3S/c17-10-11-7-13(8-14-11)20(18,19)16-6-3-12(9-16)15-4-1-2-5-15/h7-8,12,14,17H,1-6,9-10H2. The zero-order valence-electron chi connectivity index (χ0n) is 11.5. The van der Waals surface area contributed by atoms with E-state index >= 15 is 0 Å². The Morgan fingerprint density at radius 3 is 2.70 bits per heavy atom. The zero-order chi connectivity index (χ0) is 14.2. The fourth-order valence-electron chi connectivity index (χ4n) is 3.14. The summed E-state index contributed by atoms with van der Waals surface area (Å²) in [5.41, 5.74) is 0.527. The van der Waals surface area contributed by atoms with Crippen molar-refractivity contribution in [3.63, 3.8) is 0 Å². The maximum absolute atomic E-state index is 12.5. The van der Waals surface area contributed by atoms with Crippen LogP contribution in [0.1, 0.15) is 25.0 Å². The Morgan fingerprint density at radius 1 is 1.30 bits per heavy atom. The highest BCUT2D eigenvalue weighted by Crippen LogP contribution is 2.26. The molecule has 0 aromatic carbocycles. The van der Waals surface area contributed by atoms with Crippen LogP contribution in [0.4, 0.5) is 0 Å². The molecule has 1 aromatic heterocycles. The number of H-pyrrole nitrogens is 1. The van der Waals surface area contributed by atoms with E-state index in [0.717, 1.165) is 19.5 Å². The van der Waals surface area contributed by atoms with E-state index in [0.29, 0.717) is 24.8 Å². The first-order valence-corrected chi connectivity index (χ1v) is 8.57. The highest BCUT2D eigenvalue weighted by Gasteiger charge is 2.36. The number of rotatable bonds is 4. The lowest BCUT2D eigenvalue weighted by atomic mass is 10.2. The maximum atomic E-state index is 12.5. The summed E-state index contributed by atoms with van der Waals surface area (Å²) < 4.78 is 26.6. The SMILES string of the molecule is O=S(=O)(c1c[nH]c(CO)c1)N1CCC(N2CCCC2)C1. The molecule has 7 heteroatoms. The van der Waals surface area contributed by atoms with Gasteiger partial charge in [0, 0.05) is 31.0 Å². The number of hydrogen-bond acceptors (Lipinski definition) is 4. The third-order valence-corrected chi connectivity index (χ3v) is 6.15. The van der Waals surface area contributed by atoms with E-state index in [1.807, 2.05) is 0 Å². The van der Waals surface area contributed by atoms with Gasteiger partial charge in [-0.25, -0.2) is 8.42 Å². The van der Waals surface area contributed by atoms with E-state index < -0.39 is 10.0 Å². The first kappa shape index (κ1) is 14.1. The number of nitrogens with one attached hydrogen (secondary N) is 1. The minimum Gasteiger partial charge on any atom is -0.390 e. The van der Waals surface area contributed by atoms with Crippen molar-refractivity contribution in [2.24, 2.45) is 0 Å². The number of likely N-dealkylation sites (tertiary alicyclic amines) is 1. The predicted molar refractivity (Wildman–Crippen MR) is 74.7 cm³/mol. The number of hydrogen-bond donors (Lipinski definition) is 2. The Labute approximate surface area is 119 Å². The average Bonchev–Trinajstić information content (AvgIpc) is 3.18. The molecule has 0 spiro atoms. The van der Waals surface area contributed by atoms with Gasteiger partial charge in [0.25, 0.3) is 0 Å². The maximum Gasteiger partial charge on any atom is 0.244 e. The number of aliphatic hydroxyl groups excluding tert-OH is 1. The van der Waals surface area contributed by atoms with Crippen molar-refractivity contribution in [1.29, 1.82) is 0 Å². The molecule has 2 saturated heterocycles. The molecule has 112 valence electrons. The molecule has 1 atom stereocenters. The molecule has 0 saturated carbocycles. The van der Waals surface area contributed by atoms with Crippen molar-refractivity contribution in [3.05, 3.63) is 18.0 Å². The number of aromatic amines is 1. The summed E-state index contributed by atoms with van der Waals surface area (Å²) in [4.78, 5) is 5.45. The molecule has 20 heavy (non-hydrogen) atoms. The molecule has 6 nitrogen and oxygen atoms in total. The highest BCUT2D eigenvalue weighted by molar-refractivity contribution is 7.89. The second-order valence-corrected chi connectivity index (χ2v) is 7.51. The monoisotopic (exact) mass is 299 g/mol. The van der Waals surface area contributed by atoms with Crippen LogP contribution in [0.25, 0.3) is 0 Å². The van der Waals surface area contributed by atoms with Gasteiger partial charge in [-0.2, -0.15) is 4.31 Å². The van der Waals surface area contributed by atoms with Crippen molar-refractivity contribution in [2.45, 2.75) is 36.8 Å². The minimum atomic E-state index is -3.43. The average molecular weight is 299 g/mol. The summed E-state index contributed by atoms with van der Waals surface area (Å²) in [5, 5.41) is 9.02. The van der Waals surface area contributed by atoms with Crippen LogP contribution in [0.3, 0.4) is 0 Å². The van der Waals surface area contributed by atoms with Crippen molar-refractivity contribution in [1.82, 2.24) is 14.2 Å². The van der Waals surface area contributed by atoms with Crippen LogP contribution in [0.2, 0.25) is 0 Å². The summed E-state index contributed by atoms with van der Waals surface area (Å²) in [5.74, 6) is 0. The highest BCUT2D eigenvalue weighted by atomic mass is 32.2. The summed E-state index contributed by atoms with van der Waals surface area (Å²) in [7, 11) is -3.43. The van der Waals surface area contributed by atoms with Gasteiger partial charge >= 0.3 is 0 Å². The fraction of sp³-hybridized carbons (Fsp3) is 0.692. The molecule has 3 heterocycles. The Balaban J connectivity index is 1.72. The Kier molecular flexibility index (Phi) is 3.85. The van der Waals surface area contributed by atoms with Crippen LogP contribution >= 0.6 is 0 Å². The van der Waals surface area contributed by atoms with E-state index in [9.17, 15) is 8.42 Å². The second-order valence-electron chi connectivity index (χ2n) is 5.57. The Morgan fingerprint density at radius 2 is 2.05 bits per heavy atom. The molecule has 0 radical (unpaired) electrons. The summed E-state index contributed by atoms with van der Waals surface area (Å²) >= 11 is 0. The summed E-state index contributed by atoms with van der Waals surface area (Å²) in [6.07, 6.45) is 4.82. The number of nitrogens with zero attached hydrogens (tertiary/aromatic N) is 2. The third kappa shape index (κ3) is 2.50. The van der Waals surface area contributed by atoms with Crippen LogP contribution in [0.5, 0.6) is 0 Å². The van der Waals surface area contributed by atoms with E-state index in [-0.39, 0.29) is 11.5 Å². The van der Waals surface area contributed by atoms with Gasteiger partial charge in [-0.3, -0.25) is 4.90 Å². The number of aromatic nitrogens is 1. The molecular weight excluding hydrogens is 278 g/mol. The predicted octanol–water partition coefficient (Wildman–Crippen LogP) is 0.366. The molecule has 1 unspecified atom stereocenters. The van der Waals surface area contributed by atoms with Crippen molar-refractivity contribution in [3.8, 4) is 0 Å². The lowest BCUT2D eigenvalue weighted by Crippen LogP contribution is -2.37. The lowest BCUT2D eigenvalue weighted by molar-refractivity contribution is 0.251. The topological polar surface area (TPSA) is 76.6 Å². The zero-order valence-corrected chi connectivity index (χ0v) is 12.3. The molecule has 2 aliphatic rings. The van der Waals surface area contributed by atoms with E-state index in [1.54, 1.807) is 4.31 Å². The smallest absolute Gasteiger partial charge is 0.244 e. The largest absolute Gasteiger partial charge is 0.390 e. The molecule has 0 amide bonds. The summed E-state index contributed by atoms with van der Waals surface area (Å²) in [6.45, 7) is 3.19. The molecule has 0 aliphatic carbocycles. The molecular formula is C13H21N3O3S. The van der Waals surface area contributed by atoms with Crippen LogP contribution in [0, 0.1) is 0 Å². The van der Waals surface area contributed by atoms with Gasteiger partial charge in [-0.1, -0.05) is 0 Å². The second kappa shape index (κ2) is 5.48. The van der Waals surface area contributed by atoms with E-state index in [2.05, 4.69) is 9.88 Å². The van der Waals surface area contributed by atoms with Gasteiger partial charge in [-0.05, 0) is 38.4 Å². The fourth-order valence-corrected chi connectivity index (χ4v) is 4.65. The molecule has 2 fully saturated rings. The first-order chi connectivity index (χ1) is 9.61. The van der Waals surface area contributed by atoms with Crippen LogP contribution < -0.4 is 0 Å². The molecule has 2 aliphatic heterocycles. The quantitative estimate of drug-likeness (QED) is 0.842. The molecule has 2 N–H and O–H groups in total. The van der Waals surface area contributed by atoms with Gasteiger partial charge in [0.05, 0.1) is 11.5 Å². The number of aliphatic hydroxyl groups is 1. The lowest BCUT2D eigenvalue weighted by Gasteiger charge is -2.23. The van der Waals surface area contributed by atoms with Crippen LogP contribution in [-0.4, -0.2) is 59.9 Å². The van der Waals surface area contributed by atoms with E-state index in [4.69, 9.17) is 5.11 Å². The van der Waals surface area contributed by atoms with Gasteiger partial charge in [-0.15, -0.1) is 0 Å². The normalized spacial score (nSPS) is 25.6. The Hall–Kier alpha value is -0.890. The Bertz CT molecular complexity index is 563. The third-order valence-electron chi connectivity index (χ3n) is 4.31. The van der Waals surface area contributed by atoms with Gasteiger partial charge in [0.2, 0.25) is 10.0 Å². The molecule has 0 bridgehead atoms. The van der Waals surface area contributed by atoms with Gasteiger partial charge in [0.15, 0.2) is 0 Å². The molecule has 1 aromatic rings. The number of sulfonamides is 1. The van der Waals surface area contributed by atoms with Crippen molar-refractivity contribution in [2.75, 3.05) is 26.2 Å². The van der Waals surface area contributed by atoms with Crippen molar-refractivity contribution < 1.29 is 13.5 Å². The van der Waals surface area contributed by atoms with Crippen LogP contribution in [0.15, 0.2) is 17.2 Å². The minimum absolute atomic E-state index is 0.175. The van der Waals surface area contributed by atoms with Gasteiger partial charge < -0.3 is 10.1 Å². The first-order valence-electron chi connectivity index (χ1n) is 7.13. The van der Waals surface area contributed by atoms with Gasteiger partial charge in [0.1, 0.15) is 0 Å². The van der Waals surface area contributed by atoms with Crippen LogP contribution in [-0.2, 0) is 16.6 Å². The van der Waals surface area contributed by atoms with Crippen molar-refractivity contribution >= 4 is 10.0 Å². The summed E-state index contributed by atoms with van der Waals surface area (Å²) in [6, 6.07) is 1.88. The molecule has 3 rings (SSSR count). The van der Waals surface area contributed by atoms with E-state index in [1.165, 1.54) is 25.1 Å².